The van der Waals surface area contributed by atoms with Crippen molar-refractivity contribution >= 4 is 23.1 Å². The van der Waals surface area contributed by atoms with Gasteiger partial charge in [0.15, 0.2) is 0 Å². The molecule has 0 aliphatic heterocycles. The quantitative estimate of drug-likeness (QED) is 0.440. The van der Waals surface area contributed by atoms with E-state index in [0.29, 0.717) is 0 Å². The Kier molecular flexibility index (Phi) is 5.10. The van der Waals surface area contributed by atoms with E-state index in [9.17, 15) is 0 Å². The molecule has 0 atom stereocenters. The third kappa shape index (κ3) is 82.7. The molecule has 0 heterocycles. The van der Waals surface area contributed by atoms with Crippen LogP contribution in [0.25, 0.3) is 0 Å². The van der Waals surface area contributed by atoms with Crippen LogP contribution in [0.1, 0.15) is 0 Å². The van der Waals surface area contributed by atoms with E-state index < -0.39 is 16.7 Å². The van der Waals surface area contributed by atoms with E-state index in [0.717, 1.165) is 0 Å². The Bertz CT molecular complexity index is 90.7. The molecule has 0 N–H and O–H groups in total. The van der Waals surface area contributed by atoms with Gasteiger partial charge in [-0.2, -0.15) is 0 Å². The summed E-state index contributed by atoms with van der Waals surface area (Å²) in [5, 5.41) is 0. The van der Waals surface area contributed by atoms with Gasteiger partial charge in [0, 0.05) is 0 Å². The molecule has 0 saturated carbocycles. The molecule has 0 aliphatic rings. The van der Waals surface area contributed by atoms with E-state index in [4.69, 9.17) is 14.3 Å². The van der Waals surface area contributed by atoms with Gasteiger partial charge in [0.2, 0.25) is 0 Å². The van der Waals surface area contributed by atoms with Crippen LogP contribution in [-0.4, -0.2) is 23.1 Å². The average Bonchev–Trinajstić information content (AvgIpc) is 0.722. The normalized spacial score (nSPS) is 9.67. The zero-order valence-electron chi connectivity index (χ0n) is 2.75. The minimum atomic E-state index is -6.17. The second-order valence-electron chi connectivity index (χ2n) is 0.408. The van der Waals surface area contributed by atoms with Crippen LogP contribution >= 0.6 is 0 Å². The van der Waals surface area contributed by atoms with Crippen molar-refractivity contribution in [3.8, 4) is 0 Å². The first-order chi connectivity index (χ1) is 2.00. The fraction of sp³-hybridized carbons (Fsp3) is 0. The molecule has 0 aliphatic carbocycles. The first-order valence-electron chi connectivity index (χ1n) is 0.667. The van der Waals surface area contributed by atoms with Crippen LogP contribution in [-0.2, 0) is 23.5 Å². The monoisotopic (exact) mass is 272 g/mol. The summed E-state index contributed by atoms with van der Waals surface area (Å²) in [4.78, 5) is 0. The summed E-state index contributed by atoms with van der Waals surface area (Å²) in [6, 6.07) is 0. The molecule has 32 valence electrons. The van der Waals surface area contributed by atoms with Gasteiger partial charge in [-0.15, -0.1) is 0 Å². The zero-order chi connectivity index (χ0) is 4.50. The number of hydrogen-bond donors (Lipinski definition) is 0. The van der Waals surface area contributed by atoms with Gasteiger partial charge in [-0.25, -0.2) is 0 Å². The van der Waals surface area contributed by atoms with Crippen LogP contribution in [0.5, 0.6) is 0 Å². The van der Waals surface area contributed by atoms with Crippen LogP contribution in [0.3, 0.4) is 0 Å². The van der Waals surface area contributed by atoms with E-state index in [2.05, 4.69) is 0 Å². The molecule has 0 radical (unpaired) electrons. The van der Waals surface area contributed by atoms with Crippen LogP contribution in [0, 0.1) is 0 Å². The van der Waals surface area contributed by atoms with Gasteiger partial charge in [-0.05, 0) is 0 Å². The maximum atomic E-state index is 8.65. The molecule has 0 bridgehead atoms. The predicted molar refractivity (Wildman–Crippen MR) is 7.13 cm³/mol. The Balaban J connectivity index is 0. The Labute approximate surface area is 54.0 Å². The van der Waals surface area contributed by atoms with Crippen molar-refractivity contribution in [1.82, 2.24) is 0 Å². The van der Waals surface area contributed by atoms with Gasteiger partial charge < -0.3 is 0 Å². The predicted octanol–water partition coefficient (Wildman–Crippen LogP) is -3.00. The van der Waals surface area contributed by atoms with Gasteiger partial charge in [0.05, 0.1) is 0 Å². The molecule has 4 nitrogen and oxygen atoms in total. The summed E-state index contributed by atoms with van der Waals surface area (Å²) < 4.78 is 34.6. The van der Waals surface area contributed by atoms with Gasteiger partial charge in [-0.1, -0.05) is 0 Å². The second-order valence-corrected chi connectivity index (χ2v) is 3.34. The second kappa shape index (κ2) is 3.04. The SMILES string of the molecule is [Mg+2].[O]=[W](=[O])([O-])[O-]. The molecule has 6 heavy (non-hydrogen) atoms. The molecule has 0 aromatic heterocycles. The van der Waals surface area contributed by atoms with E-state index >= 15 is 0 Å². The van der Waals surface area contributed by atoms with Gasteiger partial charge in [0.1, 0.15) is 0 Å². The summed E-state index contributed by atoms with van der Waals surface area (Å²) >= 11 is -6.17. The molecule has 0 amide bonds. The molecule has 0 unspecified atom stereocenters. The number of hydrogen-bond acceptors (Lipinski definition) is 4. The third-order valence-corrected chi connectivity index (χ3v) is 0. The van der Waals surface area contributed by atoms with Crippen LogP contribution in [0.4, 0.5) is 0 Å². The molecule has 0 fully saturated rings. The van der Waals surface area contributed by atoms with Gasteiger partial charge >= 0.3 is 54.1 Å². The molecule has 0 saturated heterocycles. The zero-order valence-corrected chi connectivity index (χ0v) is 7.10. The van der Waals surface area contributed by atoms with Gasteiger partial charge in [-0.3, -0.25) is 0 Å². The number of rotatable bonds is 0. The van der Waals surface area contributed by atoms with Crippen molar-refractivity contribution in [1.29, 1.82) is 0 Å². The summed E-state index contributed by atoms with van der Waals surface area (Å²) in [7, 11) is 0. The fourth-order valence-electron chi connectivity index (χ4n) is 0. The molecule has 0 aromatic rings. The van der Waals surface area contributed by atoms with E-state index in [1.54, 1.807) is 0 Å². The molecular formula is MgO4W. The first-order valence-corrected chi connectivity index (χ1v) is 5.46. The Morgan fingerprint density at radius 1 is 1.17 bits per heavy atom. The van der Waals surface area contributed by atoms with E-state index in [1.165, 1.54) is 0 Å². The Morgan fingerprint density at radius 2 is 1.17 bits per heavy atom. The first kappa shape index (κ1) is 10.1. The van der Waals surface area contributed by atoms with Crippen molar-refractivity contribution in [2.75, 3.05) is 0 Å². The standard InChI is InChI=1S/Mg.4O.W/q+2;;;2*-1;. The Morgan fingerprint density at radius 3 is 1.17 bits per heavy atom. The molecule has 6 heteroatoms. The van der Waals surface area contributed by atoms with Crippen LogP contribution < -0.4 is 7.52 Å². The molecular weight excluding hydrogens is 272 g/mol. The van der Waals surface area contributed by atoms with Crippen LogP contribution in [0.15, 0.2) is 0 Å². The van der Waals surface area contributed by atoms with Crippen LogP contribution in [0.2, 0.25) is 0 Å². The summed E-state index contributed by atoms with van der Waals surface area (Å²) in [5.41, 5.74) is 0. The van der Waals surface area contributed by atoms with Crippen molar-refractivity contribution in [2.24, 2.45) is 0 Å². The van der Waals surface area contributed by atoms with Crippen molar-refractivity contribution in [3.63, 3.8) is 0 Å². The molecule has 0 rings (SSSR count). The van der Waals surface area contributed by atoms with E-state index in [1.807, 2.05) is 0 Å². The summed E-state index contributed by atoms with van der Waals surface area (Å²) in [5.74, 6) is 0. The topological polar surface area (TPSA) is 80.3 Å². The summed E-state index contributed by atoms with van der Waals surface area (Å²) in [6.07, 6.45) is 0. The van der Waals surface area contributed by atoms with Crippen molar-refractivity contribution in [2.45, 2.75) is 0 Å². The molecule has 0 spiro atoms. The maximum absolute atomic E-state index is 8.65. The summed E-state index contributed by atoms with van der Waals surface area (Å²) in [6.45, 7) is 0. The fourth-order valence-corrected chi connectivity index (χ4v) is 0. The van der Waals surface area contributed by atoms with E-state index in [-0.39, 0.29) is 23.1 Å². The third-order valence-electron chi connectivity index (χ3n) is 0. The average molecular weight is 272 g/mol. The Hall–Kier alpha value is 0.975. The van der Waals surface area contributed by atoms with Gasteiger partial charge in [0.25, 0.3) is 0 Å². The van der Waals surface area contributed by atoms with Crippen molar-refractivity contribution < 1.29 is 31.1 Å². The van der Waals surface area contributed by atoms with Crippen molar-refractivity contribution in [3.05, 3.63) is 0 Å². The minimum absolute atomic E-state index is 0. The molecule has 0 aromatic carbocycles.